The molecule has 7 nitrogen and oxygen atoms in total. The van der Waals surface area contributed by atoms with Gasteiger partial charge in [0.2, 0.25) is 0 Å². The summed E-state index contributed by atoms with van der Waals surface area (Å²) >= 11 is 0. The number of nitro benzene ring substituents is 1. The van der Waals surface area contributed by atoms with Gasteiger partial charge in [0, 0.05) is 18.4 Å². The second-order valence-corrected chi connectivity index (χ2v) is 7.32. The molecule has 0 spiro atoms. The van der Waals surface area contributed by atoms with Crippen LogP contribution in [0.2, 0.25) is 0 Å². The van der Waals surface area contributed by atoms with Crippen molar-refractivity contribution in [2.24, 2.45) is 0 Å². The van der Waals surface area contributed by atoms with Gasteiger partial charge in [-0.25, -0.2) is 8.42 Å². The molecule has 0 amide bonds. The summed E-state index contributed by atoms with van der Waals surface area (Å²) in [6.45, 7) is 2.18. The van der Waals surface area contributed by atoms with Crippen LogP contribution in [0.4, 0.5) is 11.4 Å². The first-order valence-electron chi connectivity index (χ1n) is 7.21. The highest BCUT2D eigenvalue weighted by molar-refractivity contribution is 7.90. The summed E-state index contributed by atoms with van der Waals surface area (Å²) in [5.41, 5.74) is 0.0428. The van der Waals surface area contributed by atoms with Crippen molar-refractivity contribution in [3.05, 3.63) is 58.6 Å². The van der Waals surface area contributed by atoms with Gasteiger partial charge in [-0.3, -0.25) is 10.1 Å². The van der Waals surface area contributed by atoms with E-state index in [0.717, 1.165) is 12.3 Å². The van der Waals surface area contributed by atoms with Gasteiger partial charge in [-0.15, -0.1) is 0 Å². The normalized spacial score (nSPS) is 12.4. The molecule has 0 fully saturated rings. The van der Waals surface area contributed by atoms with Crippen molar-refractivity contribution < 1.29 is 18.1 Å². The molecule has 0 aliphatic heterocycles. The van der Waals surface area contributed by atoms with Gasteiger partial charge >= 0.3 is 0 Å². The Labute approximate surface area is 140 Å². The lowest BCUT2D eigenvalue weighted by Gasteiger charge is -2.17. The van der Waals surface area contributed by atoms with Gasteiger partial charge in [0.1, 0.15) is 11.9 Å². The van der Waals surface area contributed by atoms with E-state index in [9.17, 15) is 18.5 Å². The molecule has 0 saturated heterocycles. The van der Waals surface area contributed by atoms with E-state index in [2.05, 4.69) is 5.32 Å². The molecule has 128 valence electrons. The molecule has 0 saturated carbocycles. The van der Waals surface area contributed by atoms with Gasteiger partial charge in [0.15, 0.2) is 9.84 Å². The number of para-hydroxylation sites is 1. The Morgan fingerprint density at radius 1 is 1.21 bits per heavy atom. The Morgan fingerprint density at radius 3 is 2.46 bits per heavy atom. The predicted molar refractivity (Wildman–Crippen MR) is 91.2 cm³/mol. The van der Waals surface area contributed by atoms with E-state index in [4.69, 9.17) is 4.74 Å². The fourth-order valence-corrected chi connectivity index (χ4v) is 2.98. The molecule has 0 aliphatic carbocycles. The lowest BCUT2D eigenvalue weighted by Crippen LogP contribution is -2.23. The van der Waals surface area contributed by atoms with Crippen LogP contribution in [0.5, 0.6) is 5.75 Å². The number of non-ortho nitro benzene ring substituents is 1. The van der Waals surface area contributed by atoms with Crippen LogP contribution in [0.15, 0.2) is 53.4 Å². The molecule has 1 atom stereocenters. The molecule has 2 aromatic carbocycles. The van der Waals surface area contributed by atoms with E-state index in [1.807, 2.05) is 37.3 Å². The van der Waals surface area contributed by atoms with Crippen LogP contribution in [0.3, 0.4) is 0 Å². The van der Waals surface area contributed by atoms with Gasteiger partial charge in [-0.05, 0) is 25.1 Å². The number of nitrogens with zero attached hydrogens (tertiary/aromatic N) is 1. The van der Waals surface area contributed by atoms with E-state index in [-0.39, 0.29) is 16.7 Å². The van der Waals surface area contributed by atoms with Crippen molar-refractivity contribution >= 4 is 21.2 Å². The number of nitrogens with one attached hydrogen (secondary N) is 1. The van der Waals surface area contributed by atoms with Crippen LogP contribution in [-0.4, -0.2) is 32.2 Å². The summed E-state index contributed by atoms with van der Waals surface area (Å²) in [5.74, 6) is 0.707. The number of ether oxygens (including phenoxy) is 1. The maximum atomic E-state index is 11.9. The largest absolute Gasteiger partial charge is 0.489 e. The van der Waals surface area contributed by atoms with Crippen molar-refractivity contribution in [1.29, 1.82) is 0 Å². The van der Waals surface area contributed by atoms with Crippen LogP contribution >= 0.6 is 0 Å². The zero-order valence-electron chi connectivity index (χ0n) is 13.3. The Balaban J connectivity index is 2.13. The minimum Gasteiger partial charge on any atom is -0.489 e. The lowest BCUT2D eigenvalue weighted by molar-refractivity contribution is -0.385. The van der Waals surface area contributed by atoms with Crippen LogP contribution in [0, 0.1) is 10.1 Å². The summed E-state index contributed by atoms with van der Waals surface area (Å²) in [5, 5.41) is 13.8. The topological polar surface area (TPSA) is 98.5 Å². The van der Waals surface area contributed by atoms with E-state index in [1.165, 1.54) is 12.1 Å². The SMILES string of the molecule is CC(CNc1ccc([N+](=O)[O-])cc1S(C)(=O)=O)Oc1ccccc1. The molecular weight excluding hydrogens is 332 g/mol. The second-order valence-electron chi connectivity index (χ2n) is 5.33. The number of hydrogen-bond donors (Lipinski definition) is 1. The molecule has 1 N–H and O–H groups in total. The second kappa shape index (κ2) is 7.31. The van der Waals surface area contributed by atoms with Gasteiger partial charge < -0.3 is 10.1 Å². The van der Waals surface area contributed by atoms with Gasteiger partial charge in [0.05, 0.1) is 22.1 Å². The van der Waals surface area contributed by atoms with Crippen molar-refractivity contribution in [2.75, 3.05) is 18.1 Å². The molecule has 8 heteroatoms. The number of rotatable bonds is 7. The molecule has 1 unspecified atom stereocenters. The summed E-state index contributed by atoms with van der Waals surface area (Å²) in [6.07, 6.45) is 0.788. The summed E-state index contributed by atoms with van der Waals surface area (Å²) in [6, 6.07) is 12.9. The van der Waals surface area contributed by atoms with E-state index < -0.39 is 14.8 Å². The van der Waals surface area contributed by atoms with Gasteiger partial charge in [0.25, 0.3) is 5.69 Å². The monoisotopic (exact) mass is 350 g/mol. The summed E-state index contributed by atoms with van der Waals surface area (Å²) in [4.78, 5) is 10.1. The van der Waals surface area contributed by atoms with Gasteiger partial charge in [-0.2, -0.15) is 0 Å². The third-order valence-electron chi connectivity index (χ3n) is 3.24. The Morgan fingerprint density at radius 2 is 1.88 bits per heavy atom. The quantitative estimate of drug-likeness (QED) is 0.609. The third kappa shape index (κ3) is 4.69. The first-order valence-corrected chi connectivity index (χ1v) is 9.10. The van der Waals surface area contributed by atoms with Crippen LogP contribution in [-0.2, 0) is 9.84 Å². The maximum absolute atomic E-state index is 11.9. The highest BCUT2D eigenvalue weighted by atomic mass is 32.2. The Kier molecular flexibility index (Phi) is 5.40. The van der Waals surface area contributed by atoms with Crippen molar-refractivity contribution in [2.45, 2.75) is 17.9 Å². The third-order valence-corrected chi connectivity index (χ3v) is 4.37. The number of nitro groups is 1. The predicted octanol–water partition coefficient (Wildman–Crippen LogP) is 2.88. The maximum Gasteiger partial charge on any atom is 0.270 e. The highest BCUT2D eigenvalue weighted by Crippen LogP contribution is 2.26. The average molecular weight is 350 g/mol. The lowest BCUT2D eigenvalue weighted by atomic mass is 10.2. The Bertz CT molecular complexity index is 822. The average Bonchev–Trinajstić information content (AvgIpc) is 2.52. The minimum absolute atomic E-state index is 0.108. The first kappa shape index (κ1) is 17.7. The molecular formula is C16H18N2O5S. The number of sulfone groups is 1. The number of anilines is 1. The zero-order chi connectivity index (χ0) is 17.7. The van der Waals surface area contributed by atoms with Crippen molar-refractivity contribution in [3.63, 3.8) is 0 Å². The highest BCUT2D eigenvalue weighted by Gasteiger charge is 2.18. The van der Waals surface area contributed by atoms with E-state index in [0.29, 0.717) is 18.0 Å². The van der Waals surface area contributed by atoms with Crippen LogP contribution < -0.4 is 10.1 Å². The molecule has 0 bridgehead atoms. The Hall–Kier alpha value is -2.61. The minimum atomic E-state index is -3.60. The molecule has 0 heterocycles. The molecule has 0 aromatic heterocycles. The smallest absolute Gasteiger partial charge is 0.270 e. The molecule has 2 aromatic rings. The van der Waals surface area contributed by atoms with Crippen molar-refractivity contribution in [3.8, 4) is 5.75 Å². The number of benzene rings is 2. The van der Waals surface area contributed by atoms with E-state index in [1.54, 1.807) is 0 Å². The van der Waals surface area contributed by atoms with E-state index >= 15 is 0 Å². The van der Waals surface area contributed by atoms with Crippen LogP contribution in [0.1, 0.15) is 6.92 Å². The molecule has 24 heavy (non-hydrogen) atoms. The standard InChI is InChI=1S/C16H18N2O5S/c1-12(23-14-6-4-3-5-7-14)11-17-15-9-8-13(18(19)20)10-16(15)24(2,21)22/h3-10,12,17H,11H2,1-2H3. The first-order chi connectivity index (χ1) is 11.3. The zero-order valence-corrected chi connectivity index (χ0v) is 14.1. The molecule has 2 rings (SSSR count). The number of hydrogen-bond acceptors (Lipinski definition) is 6. The summed E-state index contributed by atoms with van der Waals surface area (Å²) < 4.78 is 29.4. The fourth-order valence-electron chi connectivity index (χ4n) is 2.10. The summed E-state index contributed by atoms with van der Waals surface area (Å²) in [7, 11) is -3.60. The van der Waals surface area contributed by atoms with Gasteiger partial charge in [-0.1, -0.05) is 18.2 Å². The van der Waals surface area contributed by atoms with Crippen LogP contribution in [0.25, 0.3) is 0 Å². The molecule has 0 radical (unpaired) electrons. The van der Waals surface area contributed by atoms with Crippen molar-refractivity contribution in [1.82, 2.24) is 0 Å². The molecule has 0 aliphatic rings. The fraction of sp³-hybridized carbons (Fsp3) is 0.250.